The Morgan fingerprint density at radius 3 is 2.59 bits per heavy atom. The monoisotopic (exact) mass is 279 g/mol. The number of halogens is 3. The van der Waals surface area contributed by atoms with Gasteiger partial charge in [0.05, 0.1) is 5.02 Å². The summed E-state index contributed by atoms with van der Waals surface area (Å²) in [5, 5.41) is 5.91. The van der Waals surface area contributed by atoms with Crippen molar-refractivity contribution in [3.63, 3.8) is 0 Å². The summed E-state index contributed by atoms with van der Waals surface area (Å²) in [5.74, 6) is -2.20. The molecule has 0 spiro atoms. The number of hydrogen-bond donors (Lipinski definition) is 1. The van der Waals surface area contributed by atoms with Gasteiger partial charge in [0.1, 0.15) is 0 Å². The van der Waals surface area contributed by atoms with Crippen LogP contribution in [0, 0.1) is 5.92 Å². The normalized spacial score (nSPS) is 22.6. The van der Waals surface area contributed by atoms with Gasteiger partial charge in [-0.15, -0.1) is 11.3 Å². The SMILES string of the molecule is CNC(c1sccc1Cl)C1CCC(F)(F)CC1. The minimum atomic E-state index is -2.46. The van der Waals surface area contributed by atoms with Gasteiger partial charge in [-0.1, -0.05) is 11.6 Å². The first-order valence-corrected chi connectivity index (χ1v) is 7.07. The summed E-state index contributed by atoms with van der Waals surface area (Å²) in [6.07, 6.45) is 1.12. The minimum absolute atomic E-state index is 0.00115. The standard InChI is InChI=1S/C12H16ClF2NS/c1-16-10(11-9(13)4-7-17-11)8-2-5-12(14,15)6-3-8/h4,7-8,10,16H,2-3,5-6H2,1H3. The first-order chi connectivity index (χ1) is 8.03. The molecule has 1 aliphatic rings. The topological polar surface area (TPSA) is 12.0 Å². The summed E-state index contributed by atoms with van der Waals surface area (Å²) in [6, 6.07) is 1.97. The van der Waals surface area contributed by atoms with Gasteiger partial charge in [0.15, 0.2) is 0 Å². The predicted octanol–water partition coefficient (Wildman–Crippen LogP) is 4.49. The van der Waals surface area contributed by atoms with Crippen LogP contribution < -0.4 is 5.32 Å². The Hall–Kier alpha value is -0.190. The van der Waals surface area contributed by atoms with Crippen molar-refractivity contribution in [2.24, 2.45) is 5.92 Å². The number of alkyl halides is 2. The fraction of sp³-hybridized carbons (Fsp3) is 0.667. The molecule has 0 radical (unpaired) electrons. The van der Waals surface area contributed by atoms with Gasteiger partial charge in [-0.2, -0.15) is 0 Å². The van der Waals surface area contributed by atoms with Gasteiger partial charge in [-0.25, -0.2) is 8.78 Å². The summed E-state index contributed by atoms with van der Waals surface area (Å²) < 4.78 is 26.2. The minimum Gasteiger partial charge on any atom is -0.312 e. The van der Waals surface area contributed by atoms with Gasteiger partial charge in [-0.05, 0) is 37.3 Å². The molecular weight excluding hydrogens is 264 g/mol. The Balaban J connectivity index is 2.08. The van der Waals surface area contributed by atoms with Crippen LogP contribution in [0.4, 0.5) is 8.78 Å². The summed E-state index contributed by atoms with van der Waals surface area (Å²) >= 11 is 7.70. The van der Waals surface area contributed by atoms with Crippen LogP contribution in [0.25, 0.3) is 0 Å². The van der Waals surface area contributed by atoms with E-state index >= 15 is 0 Å². The Labute approximate surface area is 109 Å². The summed E-state index contributed by atoms with van der Waals surface area (Å²) in [7, 11) is 1.87. The third kappa shape index (κ3) is 2.98. The van der Waals surface area contributed by atoms with E-state index in [4.69, 9.17) is 11.6 Å². The van der Waals surface area contributed by atoms with Crippen LogP contribution in [-0.2, 0) is 0 Å². The van der Waals surface area contributed by atoms with E-state index in [2.05, 4.69) is 5.32 Å². The van der Waals surface area contributed by atoms with E-state index in [1.54, 1.807) is 11.3 Å². The molecule has 1 heterocycles. The zero-order valence-corrected chi connectivity index (χ0v) is 11.3. The first kappa shape index (κ1) is 13.2. The lowest BCUT2D eigenvalue weighted by Gasteiger charge is -2.33. The Bertz CT molecular complexity index is 370. The molecular formula is C12H16ClF2NS. The molecule has 0 aliphatic heterocycles. The van der Waals surface area contributed by atoms with Crippen molar-refractivity contribution in [3.05, 3.63) is 21.3 Å². The molecule has 0 bridgehead atoms. The molecule has 1 saturated carbocycles. The highest BCUT2D eigenvalue weighted by Gasteiger charge is 2.38. The van der Waals surface area contributed by atoms with Gasteiger partial charge in [0, 0.05) is 23.8 Å². The van der Waals surface area contributed by atoms with Crippen molar-refractivity contribution in [2.45, 2.75) is 37.6 Å². The van der Waals surface area contributed by atoms with Crippen molar-refractivity contribution >= 4 is 22.9 Å². The van der Waals surface area contributed by atoms with Crippen LogP contribution in [0.5, 0.6) is 0 Å². The molecule has 0 aromatic carbocycles. The Morgan fingerprint density at radius 2 is 2.12 bits per heavy atom. The highest BCUT2D eigenvalue weighted by molar-refractivity contribution is 7.10. The van der Waals surface area contributed by atoms with Gasteiger partial charge in [0.2, 0.25) is 5.92 Å². The maximum Gasteiger partial charge on any atom is 0.248 e. The van der Waals surface area contributed by atoms with E-state index in [1.807, 2.05) is 18.5 Å². The number of thiophene rings is 1. The lowest BCUT2D eigenvalue weighted by atomic mass is 9.81. The van der Waals surface area contributed by atoms with Crippen LogP contribution in [0.3, 0.4) is 0 Å². The summed E-state index contributed by atoms with van der Waals surface area (Å²) in [4.78, 5) is 1.07. The molecule has 1 nitrogen and oxygen atoms in total. The maximum absolute atomic E-state index is 13.1. The van der Waals surface area contributed by atoms with Crippen molar-refractivity contribution in [1.82, 2.24) is 5.32 Å². The van der Waals surface area contributed by atoms with E-state index in [1.165, 1.54) is 0 Å². The van der Waals surface area contributed by atoms with Crippen molar-refractivity contribution in [2.75, 3.05) is 7.05 Å². The zero-order chi connectivity index (χ0) is 12.5. The lowest BCUT2D eigenvalue weighted by molar-refractivity contribution is -0.0493. The van der Waals surface area contributed by atoms with E-state index in [0.29, 0.717) is 12.8 Å². The molecule has 0 saturated heterocycles. The van der Waals surface area contributed by atoms with E-state index < -0.39 is 5.92 Å². The predicted molar refractivity (Wildman–Crippen MR) is 68.0 cm³/mol. The van der Waals surface area contributed by atoms with Crippen molar-refractivity contribution < 1.29 is 8.78 Å². The van der Waals surface area contributed by atoms with Gasteiger partial charge in [0.25, 0.3) is 0 Å². The third-order valence-corrected chi connectivity index (χ3v) is 4.91. The molecule has 1 atom stereocenters. The van der Waals surface area contributed by atoms with Crippen molar-refractivity contribution in [1.29, 1.82) is 0 Å². The smallest absolute Gasteiger partial charge is 0.248 e. The third-order valence-electron chi connectivity index (χ3n) is 3.47. The van der Waals surface area contributed by atoms with E-state index in [0.717, 1.165) is 9.90 Å². The number of nitrogens with one attached hydrogen (secondary N) is 1. The second-order valence-corrected chi connectivity index (χ2v) is 5.95. The summed E-state index contributed by atoms with van der Waals surface area (Å²) in [5.41, 5.74) is 0. The summed E-state index contributed by atoms with van der Waals surface area (Å²) in [6.45, 7) is 0. The van der Waals surface area contributed by atoms with Crippen molar-refractivity contribution in [3.8, 4) is 0 Å². The molecule has 96 valence electrons. The van der Waals surface area contributed by atoms with E-state index in [9.17, 15) is 8.78 Å². The molecule has 17 heavy (non-hydrogen) atoms. The second kappa shape index (κ2) is 5.21. The van der Waals surface area contributed by atoms with E-state index in [-0.39, 0.29) is 24.8 Å². The second-order valence-electron chi connectivity index (χ2n) is 4.59. The fourth-order valence-corrected chi connectivity index (χ4v) is 3.88. The van der Waals surface area contributed by atoms with Crippen LogP contribution in [0.2, 0.25) is 5.02 Å². The highest BCUT2D eigenvalue weighted by atomic mass is 35.5. The number of rotatable bonds is 3. The van der Waals surface area contributed by atoms with Crippen LogP contribution in [-0.4, -0.2) is 13.0 Å². The quantitative estimate of drug-likeness (QED) is 0.860. The van der Waals surface area contributed by atoms with Crippen LogP contribution in [0.1, 0.15) is 36.6 Å². The maximum atomic E-state index is 13.1. The lowest BCUT2D eigenvalue weighted by Crippen LogP contribution is -2.32. The molecule has 2 rings (SSSR count). The van der Waals surface area contributed by atoms with Crippen LogP contribution in [0.15, 0.2) is 11.4 Å². The molecule has 0 amide bonds. The molecule has 1 fully saturated rings. The molecule has 1 aromatic heterocycles. The molecule has 1 unspecified atom stereocenters. The van der Waals surface area contributed by atoms with Crippen LogP contribution >= 0.6 is 22.9 Å². The van der Waals surface area contributed by atoms with Gasteiger partial charge in [-0.3, -0.25) is 0 Å². The Morgan fingerprint density at radius 1 is 1.47 bits per heavy atom. The average molecular weight is 280 g/mol. The Kier molecular flexibility index (Phi) is 4.06. The largest absolute Gasteiger partial charge is 0.312 e. The number of hydrogen-bond acceptors (Lipinski definition) is 2. The first-order valence-electron chi connectivity index (χ1n) is 5.81. The highest BCUT2D eigenvalue weighted by Crippen LogP contribution is 2.43. The molecule has 5 heteroatoms. The molecule has 1 N–H and O–H groups in total. The molecule has 1 aliphatic carbocycles. The molecule has 1 aromatic rings. The fourth-order valence-electron chi connectivity index (χ4n) is 2.50. The van der Waals surface area contributed by atoms with Gasteiger partial charge >= 0.3 is 0 Å². The zero-order valence-electron chi connectivity index (χ0n) is 9.68. The average Bonchev–Trinajstić information content (AvgIpc) is 2.69. The van der Waals surface area contributed by atoms with Gasteiger partial charge < -0.3 is 5.32 Å².